The Hall–Kier alpha value is -1.83. The molecule has 1 aromatic carbocycles. The maximum atomic E-state index is 11.8. The second-order valence-electron chi connectivity index (χ2n) is 6.84. The van der Waals surface area contributed by atoms with Crippen molar-refractivity contribution in [3.05, 3.63) is 52.8 Å². The van der Waals surface area contributed by atoms with E-state index in [2.05, 4.69) is 40.0 Å². The lowest BCUT2D eigenvalue weighted by Crippen LogP contribution is -2.29. The highest BCUT2D eigenvalue weighted by Gasteiger charge is 2.22. The van der Waals surface area contributed by atoms with Crippen LogP contribution in [0.2, 0.25) is 0 Å². The second-order valence-corrected chi connectivity index (χ2v) is 9.74. The van der Waals surface area contributed by atoms with Crippen LogP contribution < -0.4 is 0 Å². The Morgan fingerprint density at radius 1 is 1.15 bits per heavy atom. The van der Waals surface area contributed by atoms with Gasteiger partial charge in [-0.3, -0.25) is 9.88 Å². The van der Waals surface area contributed by atoms with E-state index >= 15 is 0 Å². The number of pyridine rings is 1. The normalized spacial score (nSPS) is 17.0. The molecule has 3 heterocycles. The lowest BCUT2D eigenvalue weighted by molar-refractivity contribution is 0.221. The molecule has 3 aromatic rings. The predicted octanol–water partition coefficient (Wildman–Crippen LogP) is 3.26. The summed E-state index contributed by atoms with van der Waals surface area (Å²) in [5.41, 5.74) is 6.27. The molecule has 4 rings (SSSR count). The number of hydrogen-bond donors (Lipinski definition) is 0. The lowest BCUT2D eigenvalue weighted by Gasteiger charge is -2.27. The minimum atomic E-state index is -3.22. The summed E-state index contributed by atoms with van der Waals surface area (Å²) in [7, 11) is -3.22. The number of benzene rings is 1. The smallest absolute Gasteiger partial charge is 0.177 e. The van der Waals surface area contributed by atoms with E-state index in [9.17, 15) is 8.42 Å². The van der Waals surface area contributed by atoms with Crippen molar-refractivity contribution >= 4 is 31.4 Å². The topological polar surface area (TPSA) is 63.2 Å². The third-order valence-electron chi connectivity index (χ3n) is 5.15. The van der Waals surface area contributed by atoms with Gasteiger partial charge in [-0.1, -0.05) is 6.07 Å². The minimum absolute atomic E-state index is 0.282. The first-order chi connectivity index (χ1) is 12.4. The maximum absolute atomic E-state index is 11.8. The summed E-state index contributed by atoms with van der Waals surface area (Å²) in [6, 6.07) is 8.58. The Morgan fingerprint density at radius 3 is 2.77 bits per heavy atom. The van der Waals surface area contributed by atoms with Crippen molar-refractivity contribution in [3.8, 4) is 0 Å². The molecule has 0 aliphatic carbocycles. The van der Waals surface area contributed by atoms with Crippen molar-refractivity contribution in [1.29, 1.82) is 0 Å². The summed E-state index contributed by atoms with van der Waals surface area (Å²) < 4.78 is 24.8. The molecule has 136 valence electrons. The third kappa shape index (κ3) is 3.39. The van der Waals surface area contributed by atoms with Crippen molar-refractivity contribution < 1.29 is 8.42 Å². The first-order valence-corrected chi connectivity index (χ1v) is 11.4. The monoisotopic (exact) mass is 387 g/mol. The van der Waals surface area contributed by atoms with Crippen molar-refractivity contribution in [1.82, 2.24) is 14.9 Å². The summed E-state index contributed by atoms with van der Waals surface area (Å²) in [6.45, 7) is 4.02. The maximum Gasteiger partial charge on any atom is 0.177 e. The SMILES string of the molecule is C[C@H](c1ccc2scnc2c1)N1CCc2cc(S(C)(=O)=O)cnc2CC1. The molecule has 0 saturated heterocycles. The van der Waals surface area contributed by atoms with Crippen LogP contribution in [-0.2, 0) is 22.7 Å². The molecule has 0 bridgehead atoms. The number of hydrogen-bond acceptors (Lipinski definition) is 6. The fraction of sp³-hybridized carbons (Fsp3) is 0.368. The molecule has 0 unspecified atom stereocenters. The van der Waals surface area contributed by atoms with E-state index in [1.165, 1.54) is 22.7 Å². The fourth-order valence-electron chi connectivity index (χ4n) is 3.52. The van der Waals surface area contributed by atoms with Crippen LogP contribution in [-0.4, -0.2) is 42.6 Å². The molecule has 1 atom stereocenters. The molecule has 5 nitrogen and oxygen atoms in total. The zero-order valence-electron chi connectivity index (χ0n) is 14.8. The first kappa shape index (κ1) is 17.6. The number of nitrogens with zero attached hydrogens (tertiary/aromatic N) is 3. The zero-order chi connectivity index (χ0) is 18.3. The van der Waals surface area contributed by atoms with Crippen LogP contribution in [0.4, 0.5) is 0 Å². The van der Waals surface area contributed by atoms with E-state index in [-0.39, 0.29) is 6.04 Å². The molecule has 0 spiro atoms. The van der Waals surface area contributed by atoms with E-state index in [0.29, 0.717) is 4.90 Å². The quantitative estimate of drug-likeness (QED) is 0.690. The van der Waals surface area contributed by atoms with Gasteiger partial charge in [0.15, 0.2) is 9.84 Å². The van der Waals surface area contributed by atoms with Crippen molar-refractivity contribution in [2.45, 2.75) is 30.7 Å². The second kappa shape index (κ2) is 6.72. The molecule has 0 fully saturated rings. The fourth-order valence-corrected chi connectivity index (χ4v) is 4.78. The molecular weight excluding hydrogens is 366 g/mol. The van der Waals surface area contributed by atoms with Gasteiger partial charge in [0, 0.05) is 43.7 Å². The van der Waals surface area contributed by atoms with Crippen LogP contribution in [0.1, 0.15) is 29.8 Å². The van der Waals surface area contributed by atoms with E-state index in [0.717, 1.165) is 42.7 Å². The third-order valence-corrected chi connectivity index (χ3v) is 7.04. The van der Waals surface area contributed by atoms with E-state index in [4.69, 9.17) is 0 Å². The number of sulfone groups is 1. The summed E-state index contributed by atoms with van der Waals surface area (Å²) in [5.74, 6) is 0. The van der Waals surface area contributed by atoms with Crippen molar-refractivity contribution in [2.75, 3.05) is 19.3 Å². The van der Waals surface area contributed by atoms with Crippen LogP contribution in [0.5, 0.6) is 0 Å². The van der Waals surface area contributed by atoms with E-state index in [1.807, 2.05) is 5.51 Å². The molecule has 0 amide bonds. The van der Waals surface area contributed by atoms with E-state index < -0.39 is 9.84 Å². The van der Waals surface area contributed by atoms with Gasteiger partial charge in [-0.15, -0.1) is 11.3 Å². The molecule has 0 radical (unpaired) electrons. The van der Waals surface area contributed by atoms with Gasteiger partial charge in [-0.05, 0) is 42.7 Å². The highest BCUT2D eigenvalue weighted by molar-refractivity contribution is 7.90. The largest absolute Gasteiger partial charge is 0.296 e. The molecule has 0 N–H and O–H groups in total. The number of fused-ring (bicyclic) bond motifs is 2. The molecule has 1 aliphatic heterocycles. The summed E-state index contributed by atoms with van der Waals surface area (Å²) in [4.78, 5) is 11.6. The van der Waals surface area contributed by atoms with Gasteiger partial charge in [-0.2, -0.15) is 0 Å². The molecule has 0 saturated carbocycles. The van der Waals surface area contributed by atoms with Gasteiger partial charge < -0.3 is 0 Å². The molecular formula is C19H21N3O2S2. The highest BCUT2D eigenvalue weighted by Crippen LogP contribution is 2.28. The highest BCUT2D eigenvalue weighted by atomic mass is 32.2. The first-order valence-electron chi connectivity index (χ1n) is 8.67. The Labute approximate surface area is 157 Å². The lowest BCUT2D eigenvalue weighted by atomic mass is 10.1. The Kier molecular flexibility index (Phi) is 4.54. The zero-order valence-corrected chi connectivity index (χ0v) is 16.5. The van der Waals surface area contributed by atoms with Gasteiger partial charge >= 0.3 is 0 Å². The molecule has 7 heteroatoms. The molecule has 26 heavy (non-hydrogen) atoms. The Bertz CT molecular complexity index is 1060. The summed E-state index contributed by atoms with van der Waals surface area (Å²) in [5, 5.41) is 0. The van der Waals surface area contributed by atoms with Crippen molar-refractivity contribution in [3.63, 3.8) is 0 Å². The number of rotatable bonds is 3. The van der Waals surface area contributed by atoms with Crippen LogP contribution in [0.15, 0.2) is 40.9 Å². The standard InChI is InChI=1S/C19H21N3O2S2/c1-13(14-3-4-19-18(10-14)21-12-25-19)22-7-5-15-9-16(26(2,23)24)11-20-17(15)6-8-22/h3-4,9-13H,5-8H2,1-2H3/t13-/m1/s1. The van der Waals surface area contributed by atoms with E-state index in [1.54, 1.807) is 17.4 Å². The summed E-state index contributed by atoms with van der Waals surface area (Å²) >= 11 is 1.66. The van der Waals surface area contributed by atoms with Gasteiger partial charge in [0.05, 0.1) is 20.6 Å². The number of thiazole rings is 1. The van der Waals surface area contributed by atoms with Crippen molar-refractivity contribution in [2.24, 2.45) is 0 Å². The average molecular weight is 388 g/mol. The van der Waals surface area contributed by atoms with Gasteiger partial charge in [0.25, 0.3) is 0 Å². The van der Waals surface area contributed by atoms with Gasteiger partial charge in [-0.25, -0.2) is 13.4 Å². The van der Waals surface area contributed by atoms with Gasteiger partial charge in [0.1, 0.15) is 0 Å². The Balaban J connectivity index is 1.56. The summed E-state index contributed by atoms with van der Waals surface area (Å²) in [6.07, 6.45) is 4.37. The average Bonchev–Trinajstić information content (AvgIpc) is 2.98. The van der Waals surface area contributed by atoms with Crippen LogP contribution in [0.25, 0.3) is 10.2 Å². The number of aromatic nitrogens is 2. The van der Waals surface area contributed by atoms with Crippen LogP contribution in [0.3, 0.4) is 0 Å². The molecule has 1 aliphatic rings. The minimum Gasteiger partial charge on any atom is -0.296 e. The van der Waals surface area contributed by atoms with Crippen LogP contribution in [0, 0.1) is 0 Å². The van der Waals surface area contributed by atoms with Crippen LogP contribution >= 0.6 is 11.3 Å². The Morgan fingerprint density at radius 2 is 1.96 bits per heavy atom. The predicted molar refractivity (Wildman–Crippen MR) is 104 cm³/mol. The molecule has 2 aromatic heterocycles. The van der Waals surface area contributed by atoms with Gasteiger partial charge in [0.2, 0.25) is 0 Å².